The number of nitrogens with zero attached hydrogens (tertiary/aromatic N) is 4. The first kappa shape index (κ1) is 59.5. The molecule has 6 nitrogen and oxygen atoms in total. The Morgan fingerprint density at radius 1 is 0.620 bits per heavy atom. The predicted molar refractivity (Wildman–Crippen MR) is 365 cm³/mol. The second kappa shape index (κ2) is 19.6. The monoisotopic (exact) mass is 955 g/mol. The minimum absolute atomic E-state index is 0.106. The van der Waals surface area contributed by atoms with Crippen molar-refractivity contribution in [3.05, 3.63) is 44.1 Å². The second-order valence-electron chi connectivity index (χ2n) is 24.0. The minimum atomic E-state index is -4.49. The fraction of sp³-hybridized carbons (Fsp3) is 0.361. The van der Waals surface area contributed by atoms with Crippen molar-refractivity contribution in [3.63, 3.8) is 0 Å². The van der Waals surface area contributed by atoms with E-state index < -0.39 is 43.4 Å². The number of thioether (sulfide) groups is 1. The SMILES string of the molecule is Bc1c(B)c(CSc2nc(=O)c3c(n2CC(=O)N(C(B)(B)c2c(B)c(B)c(-c4c(B)c(B)c(C(F)(F)F)c(B)c4B)c(B)c2B)C(B)(B)C(B)(B)N(CC)CC)C(B)(B)C(B)(B)C3(B)B)c(B)c(B)c1F. The van der Waals surface area contributed by atoms with Crippen LogP contribution in [-0.2, 0) is 39.0 Å². The number of alkyl halides is 3. The largest absolute Gasteiger partial charge is 0.415 e. The number of hydrogen-bond acceptors (Lipinski definition) is 5. The Labute approximate surface area is 448 Å². The van der Waals surface area contributed by atoms with Gasteiger partial charge in [-0.2, -0.15) is 18.2 Å². The quantitative estimate of drug-likeness (QED) is 0.0578. The number of aromatic nitrogens is 2. The molecule has 1 aliphatic rings. The lowest BCUT2D eigenvalue weighted by Gasteiger charge is -2.61. The van der Waals surface area contributed by atoms with Crippen molar-refractivity contribution in [2.75, 3.05) is 13.1 Å². The van der Waals surface area contributed by atoms with Gasteiger partial charge in [-0.3, -0.25) is 9.59 Å². The Morgan fingerprint density at radius 3 is 1.42 bits per heavy atom. The Kier molecular flexibility index (Phi) is 16.4. The summed E-state index contributed by atoms with van der Waals surface area (Å²) >= 11 is 1.42. The molecule has 0 bridgehead atoms. The van der Waals surface area contributed by atoms with E-state index in [1.54, 1.807) is 47.1 Å². The highest BCUT2D eigenvalue weighted by Gasteiger charge is 2.59. The van der Waals surface area contributed by atoms with Gasteiger partial charge in [0.25, 0.3) is 5.56 Å². The lowest BCUT2D eigenvalue weighted by molar-refractivity contribution is -0.137. The van der Waals surface area contributed by atoms with Crippen molar-refractivity contribution < 1.29 is 22.4 Å². The molecule has 0 fully saturated rings. The topological polar surface area (TPSA) is 58.4 Å². The first-order valence-corrected chi connectivity index (χ1v) is 26.5. The van der Waals surface area contributed by atoms with E-state index in [4.69, 9.17) is 4.98 Å². The van der Waals surface area contributed by atoms with Crippen LogP contribution in [-0.4, -0.2) is 237 Å². The van der Waals surface area contributed by atoms with Crippen molar-refractivity contribution in [1.29, 1.82) is 0 Å². The number of halogens is 4. The smallest absolute Gasteiger partial charge is 0.357 e. The molecule has 71 heavy (non-hydrogen) atoms. The van der Waals surface area contributed by atoms with Gasteiger partial charge in [-0.25, -0.2) is 4.39 Å². The van der Waals surface area contributed by atoms with Crippen molar-refractivity contribution in [1.82, 2.24) is 19.4 Å². The van der Waals surface area contributed by atoms with Crippen molar-refractivity contribution in [3.8, 4) is 11.1 Å². The third-order valence-corrected chi connectivity index (χ3v) is 20.6. The first-order chi connectivity index (χ1) is 32.1. The molecular formula is C36H62B24F4N4O2S. The van der Waals surface area contributed by atoms with E-state index >= 15 is 9.18 Å². The molecule has 5 rings (SSSR count). The van der Waals surface area contributed by atoms with E-state index in [9.17, 15) is 18.0 Å². The molecule has 0 N–H and O–H groups in total. The van der Waals surface area contributed by atoms with Gasteiger partial charge in [0.05, 0.1) is 15.7 Å². The fourth-order valence-electron chi connectivity index (χ4n) is 13.1. The summed E-state index contributed by atoms with van der Waals surface area (Å²) < 4.78 is 61.1. The Hall–Kier alpha value is -2.40. The summed E-state index contributed by atoms with van der Waals surface area (Å²) in [7, 11) is 48.5. The van der Waals surface area contributed by atoms with E-state index in [-0.39, 0.29) is 34.8 Å². The van der Waals surface area contributed by atoms with Crippen LogP contribution in [0.1, 0.15) is 41.8 Å². The van der Waals surface area contributed by atoms with Gasteiger partial charge in [-0.05, 0) is 34.9 Å². The van der Waals surface area contributed by atoms with Crippen molar-refractivity contribution >= 4 is 272 Å². The molecule has 4 aromatic rings. The first-order valence-electron chi connectivity index (χ1n) is 25.5. The zero-order valence-corrected chi connectivity index (χ0v) is 49.2. The molecule has 0 saturated heterocycles. The van der Waals surface area contributed by atoms with Gasteiger partial charge < -0.3 is 14.4 Å². The van der Waals surface area contributed by atoms with Gasteiger partial charge in [0.2, 0.25) is 5.91 Å². The van der Waals surface area contributed by atoms with Crippen LogP contribution in [0.3, 0.4) is 0 Å². The minimum Gasteiger partial charge on any atom is -0.357 e. The number of amides is 1. The average molecular weight is 950 g/mol. The van der Waals surface area contributed by atoms with Crippen LogP contribution >= 0.6 is 11.8 Å². The molecule has 0 aliphatic heterocycles. The fourth-order valence-corrected chi connectivity index (χ4v) is 14.3. The molecule has 344 valence electrons. The number of benzene rings is 3. The molecule has 1 heterocycles. The van der Waals surface area contributed by atoms with Gasteiger partial charge in [0, 0.05) is 27.9 Å². The molecule has 1 aromatic heterocycles. The maximum atomic E-state index is 16.5. The highest BCUT2D eigenvalue weighted by atomic mass is 32.2. The van der Waals surface area contributed by atoms with Crippen LogP contribution in [0.15, 0.2) is 9.95 Å². The van der Waals surface area contributed by atoms with E-state index in [1.165, 1.54) is 11.8 Å². The van der Waals surface area contributed by atoms with E-state index in [1.807, 2.05) is 20.3 Å². The summed E-state index contributed by atoms with van der Waals surface area (Å²) in [5.41, 5.74) is 12.7. The van der Waals surface area contributed by atoms with Crippen LogP contribution in [0.2, 0.25) is 5.21 Å². The molecule has 0 saturated carbocycles. The van der Waals surface area contributed by atoms with Crippen LogP contribution in [0.5, 0.6) is 0 Å². The van der Waals surface area contributed by atoms with Gasteiger partial charge >= 0.3 is 6.18 Å². The van der Waals surface area contributed by atoms with Crippen LogP contribution in [0.25, 0.3) is 11.1 Å². The summed E-state index contributed by atoms with van der Waals surface area (Å²) in [6, 6.07) is 0. The summed E-state index contributed by atoms with van der Waals surface area (Å²) in [6.45, 7) is 5.69. The number of carbonyl (C=O) groups excluding carboxylic acids is 1. The summed E-state index contributed by atoms with van der Waals surface area (Å²) in [6.07, 6.45) is -4.49. The Balaban J connectivity index is 1.87. The van der Waals surface area contributed by atoms with Gasteiger partial charge in [-0.1, -0.05) is 118 Å². The van der Waals surface area contributed by atoms with Crippen molar-refractivity contribution in [2.24, 2.45) is 0 Å². The molecule has 0 unspecified atom stereocenters. The van der Waals surface area contributed by atoms with Crippen LogP contribution in [0.4, 0.5) is 17.6 Å². The number of fused-ring (bicyclic) bond motifs is 1. The second-order valence-corrected chi connectivity index (χ2v) is 25.0. The molecule has 3 aromatic carbocycles. The molecule has 0 spiro atoms. The van der Waals surface area contributed by atoms with E-state index in [2.05, 4.69) is 149 Å². The van der Waals surface area contributed by atoms with Crippen molar-refractivity contribution in [2.45, 2.75) is 69.1 Å². The Bertz CT molecular complexity index is 2860. The highest BCUT2D eigenvalue weighted by molar-refractivity contribution is 7.98. The molecule has 0 atom stereocenters. The normalized spacial score (nSPS) is 15.4. The van der Waals surface area contributed by atoms with Crippen LogP contribution in [0, 0.1) is 5.82 Å². The lowest BCUT2D eigenvalue weighted by atomic mass is 9.20. The van der Waals surface area contributed by atoms with E-state index in [0.29, 0.717) is 38.3 Å². The van der Waals surface area contributed by atoms with Crippen LogP contribution < -0.4 is 71.1 Å². The van der Waals surface area contributed by atoms with Gasteiger partial charge in [-0.15, -0.1) is 0 Å². The predicted octanol–water partition coefficient (Wildman–Crippen LogP) is -26.2. The maximum Gasteiger partial charge on any atom is 0.415 e. The van der Waals surface area contributed by atoms with Gasteiger partial charge in [0.15, 0.2) is 5.16 Å². The van der Waals surface area contributed by atoms with E-state index in [0.717, 1.165) is 73.8 Å². The summed E-state index contributed by atoms with van der Waals surface area (Å²) in [4.78, 5) is 40.5. The molecule has 35 heteroatoms. The summed E-state index contributed by atoms with van der Waals surface area (Å²) in [5, 5.41) is -3.56. The van der Waals surface area contributed by atoms with Gasteiger partial charge in [0.1, 0.15) is 185 Å². The zero-order valence-electron chi connectivity index (χ0n) is 48.4. The number of carbonyl (C=O) groups is 1. The zero-order chi connectivity index (χ0) is 54.8. The number of rotatable bonds is 13. The summed E-state index contributed by atoms with van der Waals surface area (Å²) in [5.74, 6) is 0.0617. The number of hydrogen-bond donors (Lipinski definition) is 0. The molecule has 0 radical (unpaired) electrons. The number of likely N-dealkylation sites (N-methyl/N-ethyl adjacent to an activating group) is 1. The molecular weight excluding hydrogens is 888 g/mol. The third kappa shape index (κ3) is 9.02. The highest BCUT2D eigenvalue weighted by Crippen LogP contribution is 2.57. The molecule has 1 aliphatic carbocycles. The maximum absolute atomic E-state index is 16.5. The Morgan fingerprint density at radius 2 is 1.03 bits per heavy atom. The lowest BCUT2D eigenvalue weighted by Crippen LogP contribution is -2.78. The standard InChI is InChI=1S/C36H62B24F4N4O2S/c1-3-66(4-2)35(57,58)36(59,60)68(32(53,54)11-20(43)16(39)9(17(40)21(11)44)10-18(41)22(45)12(33(62,63)64)23(46)19(10)42)8(69)5-67-27-13(30(49,50)34(55,56)31(27,51)52)28(70)65-29(67)71-6-7-14(37)24(47)26(61)25(48)15(7)38/h3-6,37-60H2,1-2H3. The molecule has 1 amide bonds. The average Bonchev–Trinajstić information content (AvgIpc) is 3.35. The third-order valence-electron chi connectivity index (χ3n) is 19.6.